The van der Waals surface area contributed by atoms with E-state index in [-0.39, 0.29) is 11.4 Å². The summed E-state index contributed by atoms with van der Waals surface area (Å²) in [6.45, 7) is 11.5. The Morgan fingerprint density at radius 2 is 1.89 bits per heavy atom. The molecule has 0 saturated heterocycles. The summed E-state index contributed by atoms with van der Waals surface area (Å²) in [4.78, 5) is 0. The minimum atomic E-state index is -0.161. The first kappa shape index (κ1) is 14.9. The molecule has 0 heterocycles. The highest BCUT2D eigenvalue weighted by atomic mass is 19.1. The summed E-state index contributed by atoms with van der Waals surface area (Å²) in [7, 11) is 0. The van der Waals surface area contributed by atoms with Crippen LogP contribution in [0.2, 0.25) is 0 Å². The van der Waals surface area contributed by atoms with Crippen molar-refractivity contribution in [2.24, 2.45) is 5.92 Å². The normalized spacial score (nSPS) is 13.2. The molecule has 0 aliphatic rings. The van der Waals surface area contributed by atoms with Crippen molar-refractivity contribution >= 4 is 6.08 Å². The summed E-state index contributed by atoms with van der Waals surface area (Å²) in [5.74, 6) is 0.242. The molecule has 0 spiro atoms. The summed E-state index contributed by atoms with van der Waals surface area (Å²) in [6, 6.07) is 6.90. The average Bonchev–Trinajstić information content (AvgIpc) is 2.24. The van der Waals surface area contributed by atoms with Crippen molar-refractivity contribution in [3.8, 4) is 0 Å². The summed E-state index contributed by atoms with van der Waals surface area (Å²) in [6.07, 6.45) is 1.96. The van der Waals surface area contributed by atoms with Gasteiger partial charge in [0.2, 0.25) is 0 Å². The first-order chi connectivity index (χ1) is 8.29. The van der Waals surface area contributed by atoms with E-state index in [9.17, 15) is 4.39 Å². The van der Waals surface area contributed by atoms with Crippen LogP contribution in [0.15, 0.2) is 29.8 Å². The lowest BCUT2D eigenvalue weighted by Gasteiger charge is -2.23. The third-order valence-corrected chi connectivity index (χ3v) is 2.81. The van der Waals surface area contributed by atoms with Gasteiger partial charge in [0.1, 0.15) is 5.82 Å². The van der Waals surface area contributed by atoms with Gasteiger partial charge in [0.05, 0.1) is 0 Å². The Kier molecular flexibility index (Phi) is 5.09. The van der Waals surface area contributed by atoms with E-state index < -0.39 is 0 Å². The molecule has 0 fully saturated rings. The van der Waals surface area contributed by atoms with Gasteiger partial charge in [-0.2, -0.15) is 0 Å². The molecule has 0 bridgehead atoms. The van der Waals surface area contributed by atoms with Crippen LogP contribution in [0.4, 0.5) is 4.39 Å². The maximum atomic E-state index is 13.6. The molecule has 1 nitrogen and oxygen atoms in total. The fourth-order valence-corrected chi connectivity index (χ4v) is 1.58. The van der Waals surface area contributed by atoms with Gasteiger partial charge < -0.3 is 5.32 Å². The predicted octanol–water partition coefficient (Wildman–Crippen LogP) is 4.25. The zero-order chi connectivity index (χ0) is 13.8. The molecule has 2 heteroatoms. The average molecular weight is 249 g/mol. The lowest BCUT2D eigenvalue weighted by atomic mass is 9.98. The van der Waals surface area contributed by atoms with E-state index in [1.807, 2.05) is 18.2 Å². The summed E-state index contributed by atoms with van der Waals surface area (Å²) < 4.78 is 13.6. The molecule has 0 aliphatic carbocycles. The van der Waals surface area contributed by atoms with Crippen molar-refractivity contribution in [3.05, 3.63) is 41.2 Å². The topological polar surface area (TPSA) is 12.0 Å². The van der Waals surface area contributed by atoms with Crippen LogP contribution in [0, 0.1) is 11.7 Å². The third-order valence-electron chi connectivity index (χ3n) is 2.81. The van der Waals surface area contributed by atoms with Gasteiger partial charge in [-0.1, -0.05) is 43.7 Å². The highest BCUT2D eigenvalue weighted by Crippen LogP contribution is 2.17. The molecule has 0 amide bonds. The lowest BCUT2D eigenvalue weighted by Crippen LogP contribution is -2.37. The molecule has 0 saturated carbocycles. The number of halogens is 1. The number of benzene rings is 1. The Morgan fingerprint density at radius 1 is 1.28 bits per heavy atom. The van der Waals surface area contributed by atoms with Crippen molar-refractivity contribution in [1.82, 2.24) is 5.32 Å². The zero-order valence-electron chi connectivity index (χ0n) is 12.0. The van der Waals surface area contributed by atoms with Gasteiger partial charge in [-0.25, -0.2) is 4.39 Å². The molecule has 0 aromatic heterocycles. The second-order valence-electron chi connectivity index (χ2n) is 6.00. The standard InChI is InChI=1S/C16H24FN/c1-12(2)14(11-18-16(3,4)5)10-13-8-6-7-9-15(13)17/h6-10,12,18H,11H2,1-5H3. The summed E-state index contributed by atoms with van der Waals surface area (Å²) in [5.41, 5.74) is 1.95. The molecule has 1 aromatic carbocycles. The first-order valence-corrected chi connectivity index (χ1v) is 6.49. The molecule has 100 valence electrons. The van der Waals surface area contributed by atoms with Crippen LogP contribution >= 0.6 is 0 Å². The summed E-state index contributed by atoms with van der Waals surface area (Å²) >= 11 is 0. The maximum Gasteiger partial charge on any atom is 0.130 e. The van der Waals surface area contributed by atoms with Crippen LogP contribution in [0.5, 0.6) is 0 Å². The molecule has 1 N–H and O–H groups in total. The molecule has 0 unspecified atom stereocenters. The van der Waals surface area contributed by atoms with Gasteiger partial charge in [-0.15, -0.1) is 0 Å². The minimum Gasteiger partial charge on any atom is -0.308 e. The van der Waals surface area contributed by atoms with Crippen LogP contribution in [0.3, 0.4) is 0 Å². The molecule has 1 rings (SSSR count). The lowest BCUT2D eigenvalue weighted by molar-refractivity contribution is 0.437. The highest BCUT2D eigenvalue weighted by molar-refractivity contribution is 5.54. The first-order valence-electron chi connectivity index (χ1n) is 6.49. The Balaban J connectivity index is 2.89. The Hall–Kier alpha value is -1.15. The fraction of sp³-hybridized carbons (Fsp3) is 0.500. The van der Waals surface area contributed by atoms with Gasteiger partial charge in [-0.3, -0.25) is 0 Å². The second-order valence-corrected chi connectivity index (χ2v) is 6.00. The summed E-state index contributed by atoms with van der Waals surface area (Å²) in [5, 5.41) is 3.45. The molecular formula is C16H24FN. The van der Waals surface area contributed by atoms with E-state index in [4.69, 9.17) is 0 Å². The van der Waals surface area contributed by atoms with E-state index in [1.165, 1.54) is 11.6 Å². The molecule has 18 heavy (non-hydrogen) atoms. The van der Waals surface area contributed by atoms with E-state index >= 15 is 0 Å². The second kappa shape index (κ2) is 6.14. The Morgan fingerprint density at radius 3 is 2.39 bits per heavy atom. The van der Waals surface area contributed by atoms with Gasteiger partial charge in [0.25, 0.3) is 0 Å². The highest BCUT2D eigenvalue weighted by Gasteiger charge is 2.12. The van der Waals surface area contributed by atoms with E-state index in [0.717, 1.165) is 6.54 Å². The van der Waals surface area contributed by atoms with E-state index in [1.54, 1.807) is 6.07 Å². The molecule has 0 radical (unpaired) electrons. The Bertz CT molecular complexity index is 413. The van der Waals surface area contributed by atoms with Crippen molar-refractivity contribution in [3.63, 3.8) is 0 Å². The monoisotopic (exact) mass is 249 g/mol. The Labute approximate surface area is 110 Å². The van der Waals surface area contributed by atoms with Crippen LogP contribution in [0.1, 0.15) is 40.2 Å². The largest absolute Gasteiger partial charge is 0.308 e. The van der Waals surface area contributed by atoms with Crippen molar-refractivity contribution < 1.29 is 4.39 Å². The van der Waals surface area contributed by atoms with Crippen LogP contribution in [0.25, 0.3) is 6.08 Å². The molecule has 0 atom stereocenters. The minimum absolute atomic E-state index is 0.0726. The maximum absolute atomic E-state index is 13.6. The number of nitrogens with one attached hydrogen (secondary N) is 1. The number of hydrogen-bond acceptors (Lipinski definition) is 1. The zero-order valence-corrected chi connectivity index (χ0v) is 12.0. The van der Waals surface area contributed by atoms with Crippen molar-refractivity contribution in [2.75, 3.05) is 6.54 Å². The number of hydrogen-bond donors (Lipinski definition) is 1. The van der Waals surface area contributed by atoms with Gasteiger partial charge in [0.15, 0.2) is 0 Å². The smallest absolute Gasteiger partial charge is 0.130 e. The molecule has 1 aromatic rings. The van der Waals surface area contributed by atoms with Gasteiger partial charge >= 0.3 is 0 Å². The van der Waals surface area contributed by atoms with Gasteiger partial charge in [0, 0.05) is 17.6 Å². The molecular weight excluding hydrogens is 225 g/mol. The van der Waals surface area contributed by atoms with Crippen molar-refractivity contribution in [2.45, 2.75) is 40.2 Å². The SMILES string of the molecule is CC(C)C(=Cc1ccccc1F)CNC(C)(C)C. The third kappa shape index (κ3) is 5.01. The van der Waals surface area contributed by atoms with Gasteiger partial charge in [-0.05, 0) is 32.8 Å². The van der Waals surface area contributed by atoms with Crippen LogP contribution in [-0.4, -0.2) is 12.1 Å². The van der Waals surface area contributed by atoms with Crippen LogP contribution in [-0.2, 0) is 0 Å². The fourth-order valence-electron chi connectivity index (χ4n) is 1.58. The predicted molar refractivity (Wildman–Crippen MR) is 77.0 cm³/mol. The van der Waals surface area contributed by atoms with Crippen LogP contribution < -0.4 is 5.32 Å². The number of rotatable bonds is 4. The van der Waals surface area contributed by atoms with Crippen molar-refractivity contribution in [1.29, 1.82) is 0 Å². The quantitative estimate of drug-likeness (QED) is 0.841. The van der Waals surface area contributed by atoms with E-state index in [0.29, 0.717) is 11.5 Å². The molecule has 0 aliphatic heterocycles. The van der Waals surface area contributed by atoms with E-state index in [2.05, 4.69) is 39.9 Å².